The van der Waals surface area contributed by atoms with Gasteiger partial charge in [-0.2, -0.15) is 0 Å². The fraction of sp³-hybridized carbons (Fsp3) is 0.644. The van der Waals surface area contributed by atoms with E-state index in [1.54, 1.807) is 24.3 Å². The smallest absolute Gasteiger partial charge is 0.246 e. The molecule has 0 bridgehead atoms. The van der Waals surface area contributed by atoms with Gasteiger partial charge in [-0.05, 0) is 54.6 Å². The number of unbranched alkanes of at least 4 members (excludes halogenated alkanes) is 1. The molecule has 21 heteroatoms. The summed E-state index contributed by atoms with van der Waals surface area (Å²) >= 11 is 0. The Morgan fingerprint density at radius 3 is 1.67 bits per heavy atom. The van der Waals surface area contributed by atoms with E-state index in [0.29, 0.717) is 143 Å². The van der Waals surface area contributed by atoms with Gasteiger partial charge in [-0.15, -0.1) is 0 Å². The summed E-state index contributed by atoms with van der Waals surface area (Å²) in [4.78, 5) is 55.0. The lowest BCUT2D eigenvalue weighted by Crippen LogP contribution is -2.45. The monoisotopic (exact) mass is 934 g/mol. The van der Waals surface area contributed by atoms with Crippen LogP contribution < -0.4 is 21.7 Å². The molecule has 2 rings (SSSR count). The highest BCUT2D eigenvalue weighted by Crippen LogP contribution is 2.19. The predicted octanol–water partition coefficient (Wildman–Crippen LogP) is 2.13. The second-order valence-corrected chi connectivity index (χ2v) is 14.5. The molecule has 370 valence electrons. The van der Waals surface area contributed by atoms with E-state index in [1.165, 1.54) is 0 Å². The number of Topliss-reactive ketones (excluding diaryl/α,β-unsaturated/α-hetero) is 1. The Kier molecular flexibility index (Phi) is 35.4. The van der Waals surface area contributed by atoms with Crippen LogP contribution in [0.25, 0.3) is 10.4 Å². The molecule has 2 aromatic carbocycles. The standard InChI is InChI=1S/C45H71N7O14/c46-13-5-4-8-39(45(57)50-40-11-9-38(34-53)10-12-40)33-42(54)41(32-37-6-2-1-3-7-37)51-44(56)36-66-35-43(55)48-14-16-58-18-20-60-22-24-62-26-28-64-30-31-65-29-27-63-25-23-61-21-19-59-17-15-49-52-47/h1-3,6-7,9-12,39,41,53H,4-5,8,13-36,46H2,(H,48,55)(H,50,57)(H,51,56). The Bertz CT molecular complexity index is 1610. The number of amides is 3. The number of hydrogen-bond acceptors (Lipinski definition) is 16. The average Bonchev–Trinajstić information content (AvgIpc) is 3.32. The Balaban J connectivity index is 1.50. The summed E-state index contributed by atoms with van der Waals surface area (Å²) < 4.78 is 48.7. The van der Waals surface area contributed by atoms with Gasteiger partial charge in [0, 0.05) is 36.0 Å². The molecule has 3 amide bonds. The molecule has 0 fully saturated rings. The Hall–Kier alpha value is -4.61. The summed E-state index contributed by atoms with van der Waals surface area (Å²) in [5, 5.41) is 21.0. The number of aliphatic hydroxyl groups is 1. The molecule has 6 N–H and O–H groups in total. The van der Waals surface area contributed by atoms with Crippen molar-refractivity contribution < 1.29 is 66.9 Å². The van der Waals surface area contributed by atoms with Gasteiger partial charge in [-0.3, -0.25) is 19.2 Å². The van der Waals surface area contributed by atoms with E-state index in [-0.39, 0.29) is 50.9 Å². The molecule has 0 spiro atoms. The summed E-state index contributed by atoms with van der Waals surface area (Å²) in [6.07, 6.45) is 1.86. The number of carbonyl (C=O) groups is 4. The molecule has 0 aliphatic heterocycles. The fourth-order valence-electron chi connectivity index (χ4n) is 5.86. The van der Waals surface area contributed by atoms with Crippen LogP contribution in [0.5, 0.6) is 0 Å². The SMILES string of the molecule is [N-]=[N+]=NCCOCCOCCOCCOCCOCCOCCOCCOCCNC(=O)COCC(=O)NC(Cc1ccccc1)C(=O)CC(CCCCN)C(=O)Nc1ccc(CO)cc1. The van der Waals surface area contributed by atoms with E-state index in [1.807, 2.05) is 30.3 Å². The molecule has 0 saturated heterocycles. The van der Waals surface area contributed by atoms with Crippen LogP contribution in [0.15, 0.2) is 59.7 Å². The van der Waals surface area contributed by atoms with E-state index >= 15 is 0 Å². The van der Waals surface area contributed by atoms with Crippen LogP contribution in [0.3, 0.4) is 0 Å². The van der Waals surface area contributed by atoms with Crippen LogP contribution in [0.2, 0.25) is 0 Å². The van der Waals surface area contributed by atoms with Crippen LogP contribution in [0, 0.1) is 5.92 Å². The number of azide groups is 1. The largest absolute Gasteiger partial charge is 0.392 e. The van der Waals surface area contributed by atoms with Gasteiger partial charge in [0.2, 0.25) is 17.7 Å². The number of carbonyl (C=O) groups excluding carboxylic acids is 4. The molecule has 0 radical (unpaired) electrons. The predicted molar refractivity (Wildman–Crippen MR) is 243 cm³/mol. The quantitative estimate of drug-likeness (QED) is 0.0275. The first-order chi connectivity index (χ1) is 32.4. The molecule has 21 nitrogen and oxygen atoms in total. The zero-order chi connectivity index (χ0) is 47.6. The van der Waals surface area contributed by atoms with Crippen molar-refractivity contribution in [2.24, 2.45) is 16.8 Å². The number of benzene rings is 2. The van der Waals surface area contributed by atoms with Crippen molar-refractivity contribution in [1.29, 1.82) is 0 Å². The number of rotatable bonds is 44. The molecule has 2 aromatic rings. The van der Waals surface area contributed by atoms with E-state index in [4.69, 9.17) is 53.9 Å². The lowest BCUT2D eigenvalue weighted by Gasteiger charge is -2.22. The highest BCUT2D eigenvalue weighted by Gasteiger charge is 2.28. The van der Waals surface area contributed by atoms with Crippen molar-refractivity contribution in [2.75, 3.05) is 144 Å². The van der Waals surface area contributed by atoms with E-state index in [0.717, 1.165) is 5.56 Å². The third-order valence-electron chi connectivity index (χ3n) is 9.27. The number of aliphatic hydroxyl groups excluding tert-OH is 1. The number of nitrogens with zero attached hydrogens (tertiary/aromatic N) is 3. The highest BCUT2D eigenvalue weighted by atomic mass is 16.6. The van der Waals surface area contributed by atoms with Crippen molar-refractivity contribution in [3.63, 3.8) is 0 Å². The zero-order valence-electron chi connectivity index (χ0n) is 38.1. The second kappa shape index (κ2) is 40.6. The minimum atomic E-state index is -0.935. The molecule has 2 atom stereocenters. The van der Waals surface area contributed by atoms with Crippen molar-refractivity contribution in [2.45, 2.75) is 44.8 Å². The first-order valence-corrected chi connectivity index (χ1v) is 22.4. The molecule has 0 aromatic heterocycles. The molecule has 0 saturated carbocycles. The normalized spacial score (nSPS) is 12.0. The maximum atomic E-state index is 13.7. The van der Waals surface area contributed by atoms with Gasteiger partial charge >= 0.3 is 0 Å². The summed E-state index contributed by atoms with van der Waals surface area (Å²) in [6, 6.07) is 15.1. The number of nitrogens with two attached hydrogens (primary N) is 1. The third kappa shape index (κ3) is 31.3. The summed E-state index contributed by atoms with van der Waals surface area (Å²) in [5.41, 5.74) is 15.9. The van der Waals surface area contributed by atoms with Crippen molar-refractivity contribution >= 4 is 29.2 Å². The van der Waals surface area contributed by atoms with Crippen molar-refractivity contribution in [3.8, 4) is 0 Å². The van der Waals surface area contributed by atoms with Crippen LogP contribution in [-0.4, -0.2) is 173 Å². The van der Waals surface area contributed by atoms with Gasteiger partial charge in [0.25, 0.3) is 0 Å². The van der Waals surface area contributed by atoms with E-state index in [2.05, 4.69) is 26.0 Å². The summed E-state index contributed by atoms with van der Waals surface area (Å²) in [6.45, 7) is 6.58. The van der Waals surface area contributed by atoms with E-state index in [9.17, 15) is 24.3 Å². The van der Waals surface area contributed by atoms with Gasteiger partial charge in [0.15, 0.2) is 5.78 Å². The number of nitrogens with one attached hydrogen (secondary N) is 3. The topological polar surface area (TPSA) is 282 Å². The van der Waals surface area contributed by atoms with Crippen molar-refractivity contribution in [3.05, 3.63) is 76.2 Å². The highest BCUT2D eigenvalue weighted by molar-refractivity contribution is 5.97. The number of anilines is 1. The van der Waals surface area contributed by atoms with E-state index < -0.39 is 30.4 Å². The van der Waals surface area contributed by atoms with Gasteiger partial charge < -0.3 is 69.4 Å². The summed E-state index contributed by atoms with van der Waals surface area (Å²) in [5.74, 6) is -2.31. The van der Waals surface area contributed by atoms with Gasteiger partial charge in [-0.1, -0.05) is 54.0 Å². The first-order valence-electron chi connectivity index (χ1n) is 22.4. The lowest BCUT2D eigenvalue weighted by atomic mass is 9.90. The molecule has 2 unspecified atom stereocenters. The lowest BCUT2D eigenvalue weighted by molar-refractivity contribution is -0.134. The van der Waals surface area contributed by atoms with Crippen LogP contribution in [-0.2, 0) is 74.8 Å². The average molecular weight is 934 g/mol. The Morgan fingerprint density at radius 1 is 0.636 bits per heavy atom. The molecule has 0 aliphatic rings. The van der Waals surface area contributed by atoms with Crippen LogP contribution in [0.4, 0.5) is 5.69 Å². The van der Waals surface area contributed by atoms with Crippen molar-refractivity contribution in [1.82, 2.24) is 10.6 Å². The fourth-order valence-corrected chi connectivity index (χ4v) is 5.86. The van der Waals surface area contributed by atoms with Crippen LogP contribution in [0.1, 0.15) is 36.8 Å². The second-order valence-electron chi connectivity index (χ2n) is 14.5. The van der Waals surface area contributed by atoms with Gasteiger partial charge in [0.05, 0.1) is 118 Å². The minimum absolute atomic E-state index is 0.107. The molecular weight excluding hydrogens is 863 g/mol. The number of ketones is 1. The number of ether oxygens (including phenoxy) is 9. The first kappa shape index (κ1) is 57.5. The van der Waals surface area contributed by atoms with Gasteiger partial charge in [0.1, 0.15) is 13.2 Å². The Labute approximate surface area is 387 Å². The maximum Gasteiger partial charge on any atom is 0.246 e. The van der Waals surface area contributed by atoms with Gasteiger partial charge in [-0.25, -0.2) is 0 Å². The molecule has 66 heavy (non-hydrogen) atoms. The molecular formula is C45H71N7O14. The third-order valence-corrected chi connectivity index (χ3v) is 9.27. The Morgan fingerprint density at radius 2 is 1.15 bits per heavy atom. The molecule has 0 aliphatic carbocycles. The maximum absolute atomic E-state index is 13.7. The minimum Gasteiger partial charge on any atom is -0.392 e. The number of hydrogen-bond donors (Lipinski definition) is 5. The zero-order valence-corrected chi connectivity index (χ0v) is 38.1. The van der Waals surface area contributed by atoms with Crippen LogP contribution >= 0.6 is 0 Å². The summed E-state index contributed by atoms with van der Waals surface area (Å²) in [7, 11) is 0. The molecule has 0 heterocycles.